The minimum atomic E-state index is -0.175. The number of H-pyrrole nitrogens is 1. The Bertz CT molecular complexity index is 1370. The van der Waals surface area contributed by atoms with Crippen LogP contribution in [0.3, 0.4) is 0 Å². The second-order valence-corrected chi connectivity index (χ2v) is 9.97. The molecule has 0 unspecified atom stereocenters. The Hall–Kier alpha value is -3.04. The first kappa shape index (κ1) is 23.7. The van der Waals surface area contributed by atoms with E-state index in [4.69, 9.17) is 17.3 Å². The number of aromatic nitrogens is 3. The molecule has 1 saturated heterocycles. The van der Waals surface area contributed by atoms with E-state index in [2.05, 4.69) is 43.7 Å². The van der Waals surface area contributed by atoms with Gasteiger partial charge in [0.25, 0.3) is 0 Å². The Balaban J connectivity index is 1.32. The third-order valence-corrected chi connectivity index (χ3v) is 6.94. The second kappa shape index (κ2) is 9.91. The summed E-state index contributed by atoms with van der Waals surface area (Å²) in [6.07, 6.45) is 2.55. The number of aldehydes is 1. The number of piperazine rings is 1. The Kier molecular flexibility index (Phi) is 6.71. The molecule has 9 heteroatoms. The maximum atomic E-state index is 12.1. The molecule has 1 aliphatic rings. The molecule has 0 saturated carbocycles. The van der Waals surface area contributed by atoms with E-state index in [1.165, 1.54) is 17.6 Å². The average molecular weight is 492 g/mol. The van der Waals surface area contributed by atoms with Gasteiger partial charge in [-0.1, -0.05) is 17.7 Å². The van der Waals surface area contributed by atoms with Crippen molar-refractivity contribution in [3.8, 4) is 0 Å². The fourth-order valence-corrected chi connectivity index (χ4v) is 5.14. The largest absolute Gasteiger partial charge is 0.383 e. The number of anilines is 1. The summed E-state index contributed by atoms with van der Waals surface area (Å²) in [7, 11) is 4.14. The van der Waals surface area contributed by atoms with Crippen molar-refractivity contribution in [1.29, 1.82) is 0 Å². The summed E-state index contributed by atoms with van der Waals surface area (Å²) in [5.74, 6) is 0.480. The molecule has 0 aliphatic carbocycles. The number of nitrogen functional groups attached to an aromatic ring is 1. The van der Waals surface area contributed by atoms with Crippen LogP contribution in [0.4, 0.5) is 5.82 Å². The van der Waals surface area contributed by atoms with Crippen LogP contribution >= 0.6 is 11.6 Å². The summed E-state index contributed by atoms with van der Waals surface area (Å²) in [6, 6.07) is 11.8. The zero-order chi connectivity index (χ0) is 24.5. The Labute approximate surface area is 209 Å². The number of carbonyl (C=O) groups is 1. The van der Waals surface area contributed by atoms with E-state index >= 15 is 0 Å². The van der Waals surface area contributed by atoms with Crippen molar-refractivity contribution in [1.82, 2.24) is 29.7 Å². The van der Waals surface area contributed by atoms with Gasteiger partial charge in [-0.15, -0.1) is 0 Å². The third-order valence-electron chi connectivity index (χ3n) is 6.70. The fourth-order valence-electron chi connectivity index (χ4n) is 4.96. The van der Waals surface area contributed by atoms with Crippen LogP contribution in [0.2, 0.25) is 5.02 Å². The molecule has 8 nitrogen and oxygen atoms in total. The molecular weight excluding hydrogens is 462 g/mol. The third kappa shape index (κ3) is 5.01. The SMILES string of the molecule is CN(C)Cc1c(CN2CCN(Cc3ccc4c(N)ncnc4c3)[C@H](C=O)C2)[nH]c2ccc(Cl)cc12. The van der Waals surface area contributed by atoms with Gasteiger partial charge in [0.2, 0.25) is 0 Å². The fraction of sp³-hybridized carbons (Fsp3) is 0.346. The van der Waals surface area contributed by atoms with Crippen LogP contribution in [-0.2, 0) is 24.4 Å². The van der Waals surface area contributed by atoms with Crippen molar-refractivity contribution in [2.24, 2.45) is 0 Å². The van der Waals surface area contributed by atoms with Gasteiger partial charge in [0.1, 0.15) is 18.4 Å². The number of hydrogen-bond acceptors (Lipinski definition) is 7. The van der Waals surface area contributed by atoms with Gasteiger partial charge in [-0.05, 0) is 55.6 Å². The van der Waals surface area contributed by atoms with Gasteiger partial charge >= 0.3 is 0 Å². The number of carbonyl (C=O) groups excluding carboxylic acids is 1. The number of nitrogens with two attached hydrogens (primary N) is 1. The van der Waals surface area contributed by atoms with E-state index in [0.29, 0.717) is 18.9 Å². The molecule has 1 atom stereocenters. The second-order valence-electron chi connectivity index (χ2n) is 9.53. The van der Waals surface area contributed by atoms with Gasteiger partial charge in [0.15, 0.2) is 0 Å². The van der Waals surface area contributed by atoms with Crippen LogP contribution in [0.1, 0.15) is 16.8 Å². The molecule has 1 fully saturated rings. The van der Waals surface area contributed by atoms with Crippen LogP contribution in [0.25, 0.3) is 21.8 Å². The molecule has 1 aliphatic heterocycles. The van der Waals surface area contributed by atoms with Crippen LogP contribution in [0, 0.1) is 0 Å². The lowest BCUT2D eigenvalue weighted by molar-refractivity contribution is -0.115. The first-order chi connectivity index (χ1) is 16.9. The molecule has 3 N–H and O–H groups in total. The number of hydrogen-bond donors (Lipinski definition) is 2. The minimum Gasteiger partial charge on any atom is -0.383 e. The Morgan fingerprint density at radius 1 is 1.14 bits per heavy atom. The Morgan fingerprint density at radius 3 is 2.80 bits per heavy atom. The average Bonchev–Trinajstić information content (AvgIpc) is 3.15. The summed E-state index contributed by atoms with van der Waals surface area (Å²) in [5, 5.41) is 2.74. The van der Waals surface area contributed by atoms with Crippen molar-refractivity contribution in [3.05, 3.63) is 64.6 Å². The molecular formula is C26H30ClN7O. The standard InChI is InChI=1S/C26H30ClN7O/c1-32(2)13-22-21-10-18(27)4-6-23(21)31-25(22)14-33-7-8-34(19(12-33)15-35)11-17-3-5-20-24(9-17)29-16-30-26(20)28/h3-6,9-10,15-16,19,31H,7-8,11-14H2,1-2H3,(H2,28,29,30)/t19-/m0/s1. The van der Waals surface area contributed by atoms with Crippen molar-refractivity contribution in [2.45, 2.75) is 25.7 Å². The van der Waals surface area contributed by atoms with E-state index in [0.717, 1.165) is 64.9 Å². The molecule has 0 amide bonds. The molecule has 0 radical (unpaired) electrons. The number of nitrogens with one attached hydrogen (secondary N) is 1. The van der Waals surface area contributed by atoms with Crippen molar-refractivity contribution in [2.75, 3.05) is 39.5 Å². The maximum Gasteiger partial charge on any atom is 0.138 e. The van der Waals surface area contributed by atoms with Gasteiger partial charge in [0, 0.05) is 66.3 Å². The molecule has 0 spiro atoms. The normalized spacial score (nSPS) is 17.5. The Morgan fingerprint density at radius 2 is 2.00 bits per heavy atom. The smallest absolute Gasteiger partial charge is 0.138 e. The molecule has 4 aromatic rings. The van der Waals surface area contributed by atoms with Crippen molar-refractivity contribution in [3.63, 3.8) is 0 Å². The molecule has 0 bridgehead atoms. The minimum absolute atomic E-state index is 0.175. The highest BCUT2D eigenvalue weighted by molar-refractivity contribution is 6.31. The van der Waals surface area contributed by atoms with Crippen LogP contribution in [0.15, 0.2) is 42.7 Å². The molecule has 182 valence electrons. The summed E-state index contributed by atoms with van der Waals surface area (Å²) in [5.41, 5.74) is 11.4. The molecule has 3 heterocycles. The van der Waals surface area contributed by atoms with E-state index in [-0.39, 0.29) is 6.04 Å². The summed E-state index contributed by atoms with van der Waals surface area (Å²) >= 11 is 6.29. The quantitative estimate of drug-likeness (QED) is 0.383. The molecule has 2 aromatic carbocycles. The van der Waals surface area contributed by atoms with Gasteiger partial charge in [-0.25, -0.2) is 9.97 Å². The van der Waals surface area contributed by atoms with Crippen molar-refractivity contribution >= 4 is 45.5 Å². The predicted octanol–water partition coefficient (Wildman–Crippen LogP) is 3.29. The molecule has 2 aromatic heterocycles. The lowest BCUT2D eigenvalue weighted by atomic mass is 10.1. The van der Waals surface area contributed by atoms with E-state index in [9.17, 15) is 4.79 Å². The van der Waals surface area contributed by atoms with Gasteiger partial charge in [-0.2, -0.15) is 0 Å². The van der Waals surface area contributed by atoms with E-state index in [1.54, 1.807) is 0 Å². The van der Waals surface area contributed by atoms with Crippen LogP contribution in [0.5, 0.6) is 0 Å². The van der Waals surface area contributed by atoms with E-state index < -0.39 is 0 Å². The number of rotatable bonds is 7. The number of halogens is 1. The van der Waals surface area contributed by atoms with Crippen molar-refractivity contribution < 1.29 is 4.79 Å². The molecule has 5 rings (SSSR count). The van der Waals surface area contributed by atoms with Gasteiger partial charge < -0.3 is 20.4 Å². The lowest BCUT2D eigenvalue weighted by Gasteiger charge is -2.39. The number of nitrogens with zero attached hydrogens (tertiary/aromatic N) is 5. The topological polar surface area (TPSA) is 94.4 Å². The summed E-state index contributed by atoms with van der Waals surface area (Å²) in [4.78, 5) is 30.8. The summed E-state index contributed by atoms with van der Waals surface area (Å²) in [6.45, 7) is 4.65. The molecule has 35 heavy (non-hydrogen) atoms. The highest BCUT2D eigenvalue weighted by atomic mass is 35.5. The van der Waals surface area contributed by atoms with E-state index in [1.807, 2.05) is 36.4 Å². The van der Waals surface area contributed by atoms with Gasteiger partial charge in [-0.3, -0.25) is 9.80 Å². The summed E-state index contributed by atoms with van der Waals surface area (Å²) < 4.78 is 0. The monoisotopic (exact) mass is 491 g/mol. The maximum absolute atomic E-state index is 12.1. The van der Waals surface area contributed by atoms with Gasteiger partial charge in [0.05, 0.1) is 11.6 Å². The zero-order valence-corrected chi connectivity index (χ0v) is 20.8. The number of fused-ring (bicyclic) bond motifs is 2. The van der Waals surface area contributed by atoms with Crippen LogP contribution < -0.4 is 5.73 Å². The highest BCUT2D eigenvalue weighted by Crippen LogP contribution is 2.28. The highest BCUT2D eigenvalue weighted by Gasteiger charge is 2.28. The first-order valence-electron chi connectivity index (χ1n) is 11.8. The number of aromatic amines is 1. The first-order valence-corrected chi connectivity index (χ1v) is 12.1. The predicted molar refractivity (Wildman–Crippen MR) is 140 cm³/mol. The van der Waals surface area contributed by atoms with Crippen LogP contribution in [-0.4, -0.2) is 75.7 Å². The lowest BCUT2D eigenvalue weighted by Crippen LogP contribution is -2.53. The number of benzene rings is 2. The zero-order valence-electron chi connectivity index (χ0n) is 20.0.